The zero-order chi connectivity index (χ0) is 18.6. The number of urea groups is 1. The third-order valence-corrected chi connectivity index (χ3v) is 4.80. The molecule has 10 heteroatoms. The van der Waals surface area contributed by atoms with Crippen molar-refractivity contribution in [2.75, 3.05) is 6.61 Å². The lowest BCUT2D eigenvalue weighted by molar-refractivity contribution is -0.124. The van der Waals surface area contributed by atoms with E-state index in [0.717, 1.165) is 0 Å². The molecule has 1 atom stereocenters. The quantitative estimate of drug-likeness (QED) is 0.587. The molecule has 2 aliphatic rings. The minimum atomic E-state index is -1.32. The first-order valence-electron chi connectivity index (χ1n) is 7.92. The topological polar surface area (TPSA) is 119 Å². The van der Waals surface area contributed by atoms with E-state index in [1.807, 2.05) is 0 Å². The minimum absolute atomic E-state index is 0.105. The number of aryl methyl sites for hydroxylation is 1. The number of hydrogen-bond donors (Lipinski definition) is 2. The maximum absolute atomic E-state index is 12.7. The number of halogens is 1. The smallest absolute Gasteiger partial charge is 0.362 e. The van der Waals surface area contributed by atoms with Crippen LogP contribution in [0.3, 0.4) is 0 Å². The molecule has 0 aliphatic carbocycles. The second-order valence-electron chi connectivity index (χ2n) is 6.02. The molecular weight excluding hydrogens is 364 g/mol. The van der Waals surface area contributed by atoms with Crippen molar-refractivity contribution >= 4 is 40.5 Å². The fourth-order valence-electron chi connectivity index (χ4n) is 3.49. The summed E-state index contributed by atoms with van der Waals surface area (Å²) in [4.78, 5) is 53.1. The van der Waals surface area contributed by atoms with Crippen molar-refractivity contribution in [3.8, 4) is 0 Å². The molecule has 1 fully saturated rings. The molecule has 1 aromatic carbocycles. The zero-order valence-corrected chi connectivity index (χ0v) is 14.3. The molecule has 1 saturated heterocycles. The molecule has 0 radical (unpaired) electrons. The zero-order valence-electron chi connectivity index (χ0n) is 13.6. The summed E-state index contributed by atoms with van der Waals surface area (Å²) < 4.78 is 6.26. The van der Waals surface area contributed by atoms with Crippen LogP contribution >= 0.6 is 11.6 Å². The summed E-state index contributed by atoms with van der Waals surface area (Å²) in [6.07, 6.45) is 0.138. The van der Waals surface area contributed by atoms with Crippen LogP contribution in [0.1, 0.15) is 29.4 Å². The molecule has 134 valence electrons. The third kappa shape index (κ3) is 2.13. The molecule has 0 saturated carbocycles. The number of hydrogen-bond acceptors (Lipinski definition) is 6. The van der Waals surface area contributed by atoms with Crippen molar-refractivity contribution in [3.05, 3.63) is 38.8 Å². The number of imide groups is 1. The number of fused-ring (bicyclic) bond motifs is 1. The summed E-state index contributed by atoms with van der Waals surface area (Å²) in [6, 6.07) is 2.40. The van der Waals surface area contributed by atoms with E-state index in [1.54, 1.807) is 6.92 Å². The number of aromatic nitrogens is 2. The second kappa shape index (κ2) is 5.53. The number of ether oxygens (including phenoxy) is 1. The minimum Gasteiger partial charge on any atom is -0.461 e. The molecule has 2 aromatic rings. The highest BCUT2D eigenvalue weighted by Crippen LogP contribution is 2.38. The van der Waals surface area contributed by atoms with E-state index in [2.05, 4.69) is 15.6 Å². The van der Waals surface area contributed by atoms with Gasteiger partial charge in [-0.25, -0.2) is 14.6 Å². The molecule has 1 unspecified atom stereocenters. The van der Waals surface area contributed by atoms with E-state index in [4.69, 9.17) is 16.3 Å². The molecule has 1 spiro atoms. The summed E-state index contributed by atoms with van der Waals surface area (Å²) in [5, 5.41) is 5.11. The summed E-state index contributed by atoms with van der Waals surface area (Å²) >= 11 is 6.17. The lowest BCUT2D eigenvalue weighted by Gasteiger charge is -2.33. The van der Waals surface area contributed by atoms with Crippen molar-refractivity contribution in [3.63, 3.8) is 0 Å². The normalized spacial score (nSPS) is 21.0. The van der Waals surface area contributed by atoms with Crippen LogP contribution in [0.15, 0.2) is 16.9 Å². The highest BCUT2D eigenvalue weighted by molar-refractivity contribution is 6.31. The van der Waals surface area contributed by atoms with Gasteiger partial charge in [0.15, 0.2) is 0 Å². The van der Waals surface area contributed by atoms with Gasteiger partial charge in [0.2, 0.25) is 5.69 Å². The number of benzene rings is 1. The number of nitrogens with one attached hydrogen (secondary N) is 2. The van der Waals surface area contributed by atoms with E-state index < -0.39 is 29.0 Å². The monoisotopic (exact) mass is 376 g/mol. The van der Waals surface area contributed by atoms with Gasteiger partial charge in [0.05, 0.1) is 17.6 Å². The van der Waals surface area contributed by atoms with Gasteiger partial charge in [-0.15, -0.1) is 0 Å². The van der Waals surface area contributed by atoms with Crippen LogP contribution < -0.4 is 16.2 Å². The fourth-order valence-corrected chi connectivity index (χ4v) is 3.71. The Labute approximate surface area is 151 Å². The van der Waals surface area contributed by atoms with Gasteiger partial charge in [-0.2, -0.15) is 0 Å². The number of carbonyl (C=O) groups excluding carboxylic acids is 3. The van der Waals surface area contributed by atoms with E-state index >= 15 is 0 Å². The Kier molecular flexibility index (Phi) is 3.52. The van der Waals surface area contributed by atoms with Gasteiger partial charge in [-0.1, -0.05) is 11.6 Å². The Bertz CT molecular complexity index is 1060. The van der Waals surface area contributed by atoms with Crippen LogP contribution in [0.5, 0.6) is 0 Å². The summed E-state index contributed by atoms with van der Waals surface area (Å²) in [5.41, 5.74) is -1.28. The fraction of sp³-hybridized carbons (Fsp3) is 0.312. The third-order valence-electron chi connectivity index (χ3n) is 4.59. The van der Waals surface area contributed by atoms with Gasteiger partial charge in [0, 0.05) is 23.6 Å². The summed E-state index contributed by atoms with van der Waals surface area (Å²) in [5.74, 6) is -1.34. The highest BCUT2D eigenvalue weighted by Gasteiger charge is 2.50. The van der Waals surface area contributed by atoms with Crippen LogP contribution in [0, 0.1) is 0 Å². The Morgan fingerprint density at radius 3 is 2.81 bits per heavy atom. The molecule has 3 amide bonds. The number of carbonyl (C=O) groups is 3. The van der Waals surface area contributed by atoms with Crippen molar-refractivity contribution in [2.24, 2.45) is 0 Å². The van der Waals surface area contributed by atoms with Crippen molar-refractivity contribution in [2.45, 2.75) is 25.4 Å². The number of amides is 3. The van der Waals surface area contributed by atoms with Crippen LogP contribution in [0.25, 0.3) is 11.0 Å². The predicted molar refractivity (Wildman–Crippen MR) is 89.9 cm³/mol. The van der Waals surface area contributed by atoms with Gasteiger partial charge in [-0.3, -0.25) is 14.9 Å². The summed E-state index contributed by atoms with van der Waals surface area (Å²) in [6.45, 7) is 1.85. The van der Waals surface area contributed by atoms with Crippen LogP contribution in [0.4, 0.5) is 4.79 Å². The Morgan fingerprint density at radius 2 is 2.15 bits per heavy atom. The van der Waals surface area contributed by atoms with Crippen LogP contribution in [-0.2, 0) is 21.6 Å². The van der Waals surface area contributed by atoms with E-state index in [1.165, 1.54) is 16.7 Å². The average molecular weight is 377 g/mol. The molecule has 3 heterocycles. The molecule has 2 N–H and O–H groups in total. The largest absolute Gasteiger partial charge is 0.461 e. The first kappa shape index (κ1) is 16.5. The van der Waals surface area contributed by atoms with Gasteiger partial charge >= 0.3 is 12.0 Å². The van der Waals surface area contributed by atoms with Crippen LogP contribution in [0.2, 0.25) is 5.02 Å². The first-order valence-corrected chi connectivity index (χ1v) is 8.30. The van der Waals surface area contributed by atoms with E-state index in [9.17, 15) is 19.2 Å². The SMILES string of the molecule is CCOC(=O)c1nc2cc(Cl)cc3c2n(c1=O)CCC31NC(=O)NC1=O. The van der Waals surface area contributed by atoms with Crippen molar-refractivity contribution < 1.29 is 19.1 Å². The molecule has 4 rings (SSSR count). The highest BCUT2D eigenvalue weighted by atomic mass is 35.5. The Balaban J connectivity index is 2.05. The maximum atomic E-state index is 12.7. The standard InChI is InChI=1S/C16H13ClN4O5/c1-2-26-13(23)10-12(22)21-4-3-16(14(24)19-15(25)20-16)8-5-7(17)6-9(18-10)11(8)21/h5-6H,2-4H2,1H3,(H2,19,20,24,25). The molecule has 1 aromatic heterocycles. The van der Waals surface area contributed by atoms with Gasteiger partial charge in [0.25, 0.3) is 11.5 Å². The van der Waals surface area contributed by atoms with E-state index in [-0.39, 0.29) is 35.8 Å². The Hall–Kier alpha value is -2.94. The molecule has 2 aliphatic heterocycles. The maximum Gasteiger partial charge on any atom is 0.362 e. The van der Waals surface area contributed by atoms with Gasteiger partial charge in [0.1, 0.15) is 5.54 Å². The number of esters is 1. The predicted octanol–water partition coefficient (Wildman–Crippen LogP) is 0.665. The van der Waals surface area contributed by atoms with E-state index in [0.29, 0.717) is 11.1 Å². The van der Waals surface area contributed by atoms with Crippen molar-refractivity contribution in [1.29, 1.82) is 0 Å². The molecule has 26 heavy (non-hydrogen) atoms. The second-order valence-corrected chi connectivity index (χ2v) is 6.46. The lowest BCUT2D eigenvalue weighted by Crippen LogP contribution is -2.49. The van der Waals surface area contributed by atoms with Crippen molar-refractivity contribution in [1.82, 2.24) is 20.2 Å². The Morgan fingerprint density at radius 1 is 1.38 bits per heavy atom. The average Bonchev–Trinajstić information content (AvgIpc) is 2.87. The molecule has 0 bridgehead atoms. The first-order chi connectivity index (χ1) is 12.4. The summed E-state index contributed by atoms with van der Waals surface area (Å²) in [7, 11) is 0. The molecule has 9 nitrogen and oxygen atoms in total. The van der Waals surface area contributed by atoms with Gasteiger partial charge in [-0.05, 0) is 19.1 Å². The lowest BCUT2D eigenvalue weighted by atomic mass is 9.83. The number of rotatable bonds is 2. The molecular formula is C16H13ClN4O5. The van der Waals surface area contributed by atoms with Gasteiger partial charge < -0.3 is 14.6 Å². The number of nitrogens with zero attached hydrogens (tertiary/aromatic N) is 2. The van der Waals surface area contributed by atoms with Crippen LogP contribution in [-0.4, -0.2) is 34.1 Å².